The zero-order valence-corrected chi connectivity index (χ0v) is 9.01. The second-order valence-electron chi connectivity index (χ2n) is 3.72. The van der Waals surface area contributed by atoms with Crippen molar-refractivity contribution in [2.45, 2.75) is 12.6 Å². The molecule has 0 aromatic heterocycles. The monoisotopic (exact) mass is 213 g/mol. The van der Waals surface area contributed by atoms with Crippen molar-refractivity contribution in [1.82, 2.24) is 0 Å². The van der Waals surface area contributed by atoms with Crippen LogP contribution in [0.1, 0.15) is 22.8 Å². The quantitative estimate of drug-likeness (QED) is 0.821. The first-order valence-electron chi connectivity index (χ1n) is 5.34. The Morgan fingerprint density at radius 3 is 2.25 bits per heavy atom. The standard InChI is InChI=1S/C14H15NO/c15-10-12-8-4-5-9-13(12)14(16)11-6-2-1-3-7-11/h1-9,14,16H,10,15H2/t14-/m1/s1. The molecule has 0 bridgehead atoms. The first-order valence-corrected chi connectivity index (χ1v) is 5.34. The molecule has 0 radical (unpaired) electrons. The van der Waals surface area contributed by atoms with Crippen LogP contribution in [0.4, 0.5) is 0 Å². The van der Waals surface area contributed by atoms with Crippen LogP contribution >= 0.6 is 0 Å². The molecule has 16 heavy (non-hydrogen) atoms. The Balaban J connectivity index is 2.37. The lowest BCUT2D eigenvalue weighted by Gasteiger charge is -2.14. The Hall–Kier alpha value is -1.64. The fourth-order valence-electron chi connectivity index (χ4n) is 1.80. The molecule has 0 aliphatic carbocycles. The molecule has 2 aromatic carbocycles. The largest absolute Gasteiger partial charge is 0.384 e. The molecule has 2 heteroatoms. The number of hydrogen-bond acceptors (Lipinski definition) is 2. The summed E-state index contributed by atoms with van der Waals surface area (Å²) in [7, 11) is 0. The van der Waals surface area contributed by atoms with Gasteiger partial charge < -0.3 is 10.8 Å². The predicted octanol–water partition coefficient (Wildman–Crippen LogP) is 2.23. The van der Waals surface area contributed by atoms with Gasteiger partial charge in [0.15, 0.2) is 0 Å². The maximum atomic E-state index is 10.2. The van der Waals surface area contributed by atoms with E-state index in [1.54, 1.807) is 0 Å². The Bertz CT molecular complexity index is 453. The second-order valence-corrected chi connectivity index (χ2v) is 3.72. The fourth-order valence-corrected chi connectivity index (χ4v) is 1.80. The van der Waals surface area contributed by atoms with Gasteiger partial charge in [0, 0.05) is 6.54 Å². The minimum Gasteiger partial charge on any atom is -0.384 e. The van der Waals surface area contributed by atoms with E-state index in [0.717, 1.165) is 16.7 Å². The highest BCUT2D eigenvalue weighted by Gasteiger charge is 2.12. The van der Waals surface area contributed by atoms with E-state index in [2.05, 4.69) is 0 Å². The summed E-state index contributed by atoms with van der Waals surface area (Å²) in [6.07, 6.45) is -0.596. The Kier molecular flexibility index (Phi) is 3.34. The van der Waals surface area contributed by atoms with E-state index in [0.29, 0.717) is 6.54 Å². The molecule has 2 nitrogen and oxygen atoms in total. The third kappa shape index (κ3) is 2.13. The summed E-state index contributed by atoms with van der Waals surface area (Å²) in [4.78, 5) is 0. The summed E-state index contributed by atoms with van der Waals surface area (Å²) in [5.41, 5.74) is 8.42. The van der Waals surface area contributed by atoms with Crippen molar-refractivity contribution in [2.24, 2.45) is 5.73 Å². The third-order valence-electron chi connectivity index (χ3n) is 2.68. The number of rotatable bonds is 3. The number of aliphatic hydroxyl groups excluding tert-OH is 1. The van der Waals surface area contributed by atoms with Crippen LogP contribution in [0, 0.1) is 0 Å². The normalized spacial score (nSPS) is 12.4. The molecule has 2 rings (SSSR count). The van der Waals surface area contributed by atoms with Crippen LogP contribution in [0.3, 0.4) is 0 Å². The Morgan fingerprint density at radius 2 is 1.56 bits per heavy atom. The number of hydrogen-bond donors (Lipinski definition) is 2. The lowest BCUT2D eigenvalue weighted by Crippen LogP contribution is -2.07. The zero-order chi connectivity index (χ0) is 11.4. The summed E-state index contributed by atoms with van der Waals surface area (Å²) in [6.45, 7) is 0.445. The number of benzene rings is 2. The van der Waals surface area contributed by atoms with E-state index >= 15 is 0 Å². The van der Waals surface area contributed by atoms with Crippen molar-refractivity contribution < 1.29 is 5.11 Å². The van der Waals surface area contributed by atoms with Gasteiger partial charge in [0.1, 0.15) is 6.10 Å². The highest BCUT2D eigenvalue weighted by Crippen LogP contribution is 2.24. The van der Waals surface area contributed by atoms with Crippen molar-refractivity contribution >= 4 is 0 Å². The summed E-state index contributed by atoms with van der Waals surface area (Å²) in [5.74, 6) is 0. The highest BCUT2D eigenvalue weighted by atomic mass is 16.3. The third-order valence-corrected chi connectivity index (χ3v) is 2.68. The van der Waals surface area contributed by atoms with E-state index in [-0.39, 0.29) is 0 Å². The molecule has 0 aliphatic rings. The zero-order valence-electron chi connectivity index (χ0n) is 9.01. The minimum absolute atomic E-state index is 0.445. The molecule has 0 saturated heterocycles. The topological polar surface area (TPSA) is 46.2 Å². The van der Waals surface area contributed by atoms with Crippen LogP contribution in [0.25, 0.3) is 0 Å². The fraction of sp³-hybridized carbons (Fsp3) is 0.143. The van der Waals surface area contributed by atoms with Crippen LogP contribution in [0.15, 0.2) is 54.6 Å². The van der Waals surface area contributed by atoms with E-state index in [1.165, 1.54) is 0 Å². The maximum Gasteiger partial charge on any atom is 0.104 e. The van der Waals surface area contributed by atoms with Crippen LogP contribution in [-0.2, 0) is 6.54 Å². The Labute approximate surface area is 95.4 Å². The van der Waals surface area contributed by atoms with Gasteiger partial charge in [0.05, 0.1) is 0 Å². The molecule has 82 valence electrons. The minimum atomic E-state index is -0.596. The molecule has 1 atom stereocenters. The van der Waals surface area contributed by atoms with Crippen LogP contribution in [0.2, 0.25) is 0 Å². The molecular formula is C14H15NO. The highest BCUT2D eigenvalue weighted by molar-refractivity contribution is 5.35. The van der Waals surface area contributed by atoms with Gasteiger partial charge in [0.2, 0.25) is 0 Å². The van der Waals surface area contributed by atoms with Crippen LogP contribution in [0.5, 0.6) is 0 Å². The molecular weight excluding hydrogens is 198 g/mol. The van der Waals surface area contributed by atoms with Crippen molar-refractivity contribution in [3.8, 4) is 0 Å². The molecule has 0 heterocycles. The van der Waals surface area contributed by atoms with Gasteiger partial charge in [-0.2, -0.15) is 0 Å². The molecule has 0 spiro atoms. The molecule has 0 saturated carbocycles. The van der Waals surface area contributed by atoms with Gasteiger partial charge in [-0.25, -0.2) is 0 Å². The van der Waals surface area contributed by atoms with Crippen LogP contribution < -0.4 is 5.73 Å². The van der Waals surface area contributed by atoms with Crippen molar-refractivity contribution in [1.29, 1.82) is 0 Å². The predicted molar refractivity (Wildman–Crippen MR) is 64.8 cm³/mol. The van der Waals surface area contributed by atoms with Gasteiger partial charge in [-0.05, 0) is 16.7 Å². The van der Waals surface area contributed by atoms with E-state index in [4.69, 9.17) is 5.73 Å². The summed E-state index contributed by atoms with van der Waals surface area (Å²) < 4.78 is 0. The maximum absolute atomic E-state index is 10.2. The van der Waals surface area contributed by atoms with Crippen LogP contribution in [-0.4, -0.2) is 5.11 Å². The lowest BCUT2D eigenvalue weighted by molar-refractivity contribution is 0.219. The molecule has 0 amide bonds. The van der Waals surface area contributed by atoms with Crippen molar-refractivity contribution in [3.63, 3.8) is 0 Å². The Morgan fingerprint density at radius 1 is 0.938 bits per heavy atom. The van der Waals surface area contributed by atoms with E-state index < -0.39 is 6.10 Å². The molecule has 0 fully saturated rings. The average Bonchev–Trinajstić information content (AvgIpc) is 2.39. The van der Waals surface area contributed by atoms with E-state index in [1.807, 2.05) is 54.6 Å². The average molecular weight is 213 g/mol. The SMILES string of the molecule is NCc1ccccc1[C@H](O)c1ccccc1. The first kappa shape index (κ1) is 10.9. The molecule has 0 unspecified atom stereocenters. The van der Waals surface area contributed by atoms with Gasteiger partial charge >= 0.3 is 0 Å². The molecule has 2 aromatic rings. The second kappa shape index (κ2) is 4.92. The van der Waals surface area contributed by atoms with Gasteiger partial charge in [-0.3, -0.25) is 0 Å². The van der Waals surface area contributed by atoms with Crippen molar-refractivity contribution in [2.75, 3.05) is 0 Å². The smallest absolute Gasteiger partial charge is 0.104 e. The summed E-state index contributed by atoms with van der Waals surface area (Å²) in [5, 5.41) is 10.2. The molecule has 0 aliphatic heterocycles. The molecule has 3 N–H and O–H groups in total. The summed E-state index contributed by atoms with van der Waals surface area (Å²) >= 11 is 0. The first-order chi connectivity index (χ1) is 7.83. The van der Waals surface area contributed by atoms with Gasteiger partial charge in [-0.15, -0.1) is 0 Å². The van der Waals surface area contributed by atoms with Gasteiger partial charge in [-0.1, -0.05) is 54.6 Å². The van der Waals surface area contributed by atoms with Gasteiger partial charge in [0.25, 0.3) is 0 Å². The van der Waals surface area contributed by atoms with Crippen molar-refractivity contribution in [3.05, 3.63) is 71.3 Å². The summed E-state index contributed by atoms with van der Waals surface area (Å²) in [6, 6.07) is 17.3. The number of aliphatic hydroxyl groups is 1. The lowest BCUT2D eigenvalue weighted by atomic mass is 9.97. The van der Waals surface area contributed by atoms with E-state index in [9.17, 15) is 5.11 Å². The number of nitrogens with two attached hydrogens (primary N) is 1.